The van der Waals surface area contributed by atoms with Crippen molar-refractivity contribution < 1.29 is 0 Å². The van der Waals surface area contributed by atoms with Crippen molar-refractivity contribution in [3.8, 4) is 0 Å². The average molecular weight is 294 g/mol. The van der Waals surface area contributed by atoms with Gasteiger partial charge in [-0.3, -0.25) is 0 Å². The fourth-order valence-corrected chi connectivity index (χ4v) is 3.03. The summed E-state index contributed by atoms with van der Waals surface area (Å²) in [5.74, 6) is 0.824. The molecular weight excluding hydrogens is 278 g/mol. The van der Waals surface area contributed by atoms with Gasteiger partial charge in [0.2, 0.25) is 0 Å². The lowest BCUT2D eigenvalue weighted by atomic mass is 9.89. The zero-order valence-electron chi connectivity index (χ0n) is 9.77. The molecule has 1 aliphatic rings. The van der Waals surface area contributed by atoms with Crippen molar-refractivity contribution in [1.29, 1.82) is 0 Å². The number of hydrogen-bond acceptors (Lipinski definition) is 2. The van der Waals surface area contributed by atoms with E-state index in [4.69, 9.17) is 0 Å². The molecule has 4 heteroatoms. The SMILES string of the molecule is Brc1cnc2c(ccn2CC2CCCCC2)n1. The van der Waals surface area contributed by atoms with E-state index >= 15 is 0 Å². The van der Waals surface area contributed by atoms with Crippen LogP contribution in [-0.2, 0) is 6.54 Å². The van der Waals surface area contributed by atoms with Crippen LogP contribution in [0.25, 0.3) is 11.2 Å². The average Bonchev–Trinajstić information content (AvgIpc) is 2.73. The second-order valence-corrected chi connectivity index (χ2v) is 5.69. The molecule has 0 saturated heterocycles. The summed E-state index contributed by atoms with van der Waals surface area (Å²) in [6.07, 6.45) is 10.8. The third kappa shape index (κ3) is 2.37. The standard InChI is InChI=1S/C13H16BrN3/c14-12-8-15-13-11(16-12)6-7-17(13)9-10-4-2-1-3-5-10/h6-8,10H,1-5,9H2. The third-order valence-electron chi connectivity index (χ3n) is 3.61. The molecular formula is C13H16BrN3. The summed E-state index contributed by atoms with van der Waals surface area (Å²) >= 11 is 3.36. The molecule has 1 fully saturated rings. The van der Waals surface area contributed by atoms with Crippen molar-refractivity contribution in [1.82, 2.24) is 14.5 Å². The molecule has 3 rings (SSSR count). The first-order chi connectivity index (χ1) is 8.33. The van der Waals surface area contributed by atoms with E-state index in [9.17, 15) is 0 Å². The summed E-state index contributed by atoms with van der Waals surface area (Å²) in [5.41, 5.74) is 1.99. The highest BCUT2D eigenvalue weighted by atomic mass is 79.9. The molecule has 1 aliphatic carbocycles. The van der Waals surface area contributed by atoms with Crippen LogP contribution in [0.3, 0.4) is 0 Å². The maximum atomic E-state index is 4.46. The van der Waals surface area contributed by atoms with E-state index in [0.717, 1.165) is 28.2 Å². The van der Waals surface area contributed by atoms with Crippen LogP contribution in [0.15, 0.2) is 23.1 Å². The normalized spacial score (nSPS) is 17.7. The summed E-state index contributed by atoms with van der Waals surface area (Å²) in [6, 6.07) is 2.05. The Morgan fingerprint density at radius 3 is 2.94 bits per heavy atom. The number of aromatic nitrogens is 3. The van der Waals surface area contributed by atoms with Crippen LogP contribution in [0.5, 0.6) is 0 Å². The second-order valence-electron chi connectivity index (χ2n) is 4.87. The minimum absolute atomic E-state index is 0.806. The molecule has 17 heavy (non-hydrogen) atoms. The van der Waals surface area contributed by atoms with Crippen molar-refractivity contribution in [3.05, 3.63) is 23.1 Å². The van der Waals surface area contributed by atoms with Gasteiger partial charge in [0.05, 0.1) is 6.20 Å². The molecule has 1 saturated carbocycles. The lowest BCUT2D eigenvalue weighted by molar-refractivity contribution is 0.322. The molecule has 2 aromatic rings. The van der Waals surface area contributed by atoms with E-state index in [2.05, 4.69) is 42.7 Å². The Hall–Kier alpha value is -0.900. The van der Waals surface area contributed by atoms with Gasteiger partial charge in [-0.05, 0) is 40.8 Å². The first-order valence-corrected chi connectivity index (χ1v) is 7.09. The van der Waals surface area contributed by atoms with Gasteiger partial charge in [-0.1, -0.05) is 19.3 Å². The molecule has 3 nitrogen and oxygen atoms in total. The molecule has 0 radical (unpaired) electrons. The highest BCUT2D eigenvalue weighted by molar-refractivity contribution is 9.10. The Labute approximate surface area is 109 Å². The number of halogens is 1. The van der Waals surface area contributed by atoms with E-state index in [1.807, 2.05) is 0 Å². The van der Waals surface area contributed by atoms with Crippen LogP contribution in [0.2, 0.25) is 0 Å². The van der Waals surface area contributed by atoms with E-state index in [1.54, 1.807) is 6.20 Å². The Bertz CT molecular complexity index is 514. The maximum Gasteiger partial charge on any atom is 0.158 e. The van der Waals surface area contributed by atoms with Gasteiger partial charge in [0, 0.05) is 12.7 Å². The van der Waals surface area contributed by atoms with E-state index in [0.29, 0.717) is 0 Å². The first-order valence-electron chi connectivity index (χ1n) is 6.30. The molecule has 0 unspecified atom stereocenters. The van der Waals surface area contributed by atoms with Gasteiger partial charge < -0.3 is 4.57 Å². The molecule has 0 atom stereocenters. The zero-order chi connectivity index (χ0) is 11.7. The summed E-state index contributed by atoms with van der Waals surface area (Å²) in [6.45, 7) is 1.10. The minimum atomic E-state index is 0.806. The number of nitrogens with zero attached hydrogens (tertiary/aromatic N) is 3. The van der Waals surface area contributed by atoms with Crippen molar-refractivity contribution in [2.75, 3.05) is 0 Å². The van der Waals surface area contributed by atoms with Crippen molar-refractivity contribution in [3.63, 3.8) is 0 Å². The van der Waals surface area contributed by atoms with Gasteiger partial charge in [-0.15, -0.1) is 0 Å². The van der Waals surface area contributed by atoms with Crippen LogP contribution >= 0.6 is 15.9 Å². The van der Waals surface area contributed by atoms with E-state index in [-0.39, 0.29) is 0 Å². The monoisotopic (exact) mass is 293 g/mol. The Morgan fingerprint density at radius 2 is 2.12 bits per heavy atom. The number of fused-ring (bicyclic) bond motifs is 1. The van der Waals surface area contributed by atoms with Gasteiger partial charge in [-0.2, -0.15) is 0 Å². The van der Waals surface area contributed by atoms with Crippen LogP contribution in [0.4, 0.5) is 0 Å². The zero-order valence-corrected chi connectivity index (χ0v) is 11.4. The van der Waals surface area contributed by atoms with Crippen LogP contribution in [0, 0.1) is 5.92 Å². The lowest BCUT2D eigenvalue weighted by Crippen LogP contribution is -2.13. The number of hydrogen-bond donors (Lipinski definition) is 0. The van der Waals surface area contributed by atoms with Gasteiger partial charge in [0.15, 0.2) is 5.65 Å². The molecule has 2 aromatic heterocycles. The summed E-state index contributed by atoms with van der Waals surface area (Å²) in [5, 5.41) is 0. The lowest BCUT2D eigenvalue weighted by Gasteiger charge is -2.22. The van der Waals surface area contributed by atoms with Crippen LogP contribution < -0.4 is 0 Å². The highest BCUT2D eigenvalue weighted by Gasteiger charge is 2.15. The summed E-state index contributed by atoms with van der Waals surface area (Å²) in [4.78, 5) is 8.88. The molecule has 2 heterocycles. The Morgan fingerprint density at radius 1 is 1.29 bits per heavy atom. The van der Waals surface area contributed by atoms with Gasteiger partial charge in [0.25, 0.3) is 0 Å². The van der Waals surface area contributed by atoms with E-state index in [1.165, 1.54) is 32.1 Å². The maximum absolute atomic E-state index is 4.46. The molecule has 0 aromatic carbocycles. The summed E-state index contributed by atoms with van der Waals surface area (Å²) < 4.78 is 3.06. The predicted octanol–water partition coefficient (Wildman–Crippen LogP) is 3.77. The predicted molar refractivity (Wildman–Crippen MR) is 71.8 cm³/mol. The third-order valence-corrected chi connectivity index (χ3v) is 4.00. The highest BCUT2D eigenvalue weighted by Crippen LogP contribution is 2.26. The van der Waals surface area contributed by atoms with Gasteiger partial charge in [0.1, 0.15) is 10.1 Å². The molecule has 0 amide bonds. The Balaban J connectivity index is 1.84. The van der Waals surface area contributed by atoms with Crippen molar-refractivity contribution >= 4 is 27.1 Å². The Kier molecular flexibility index (Phi) is 3.14. The topological polar surface area (TPSA) is 30.7 Å². The van der Waals surface area contributed by atoms with Gasteiger partial charge in [-0.25, -0.2) is 9.97 Å². The first kappa shape index (κ1) is 11.2. The summed E-state index contributed by atoms with van der Waals surface area (Å²) in [7, 11) is 0. The molecule has 0 bridgehead atoms. The van der Waals surface area contributed by atoms with Crippen LogP contribution in [0.1, 0.15) is 32.1 Å². The van der Waals surface area contributed by atoms with Crippen molar-refractivity contribution in [2.45, 2.75) is 38.6 Å². The smallest absolute Gasteiger partial charge is 0.158 e. The molecule has 0 aliphatic heterocycles. The second kappa shape index (κ2) is 4.77. The molecule has 0 spiro atoms. The largest absolute Gasteiger partial charge is 0.331 e. The number of rotatable bonds is 2. The van der Waals surface area contributed by atoms with Gasteiger partial charge >= 0.3 is 0 Å². The minimum Gasteiger partial charge on any atom is -0.331 e. The molecule has 0 N–H and O–H groups in total. The van der Waals surface area contributed by atoms with E-state index < -0.39 is 0 Å². The quantitative estimate of drug-likeness (QED) is 0.844. The fraction of sp³-hybridized carbons (Fsp3) is 0.538. The fourth-order valence-electron chi connectivity index (χ4n) is 2.73. The van der Waals surface area contributed by atoms with Crippen LogP contribution in [-0.4, -0.2) is 14.5 Å². The van der Waals surface area contributed by atoms with Crippen molar-refractivity contribution in [2.24, 2.45) is 5.92 Å². The molecule has 90 valence electrons.